The monoisotopic (exact) mass is 415 g/mol. The third-order valence-electron chi connectivity index (χ3n) is 4.94. The Balaban J connectivity index is 1.74. The van der Waals surface area contributed by atoms with Gasteiger partial charge in [0, 0.05) is 31.4 Å². The summed E-state index contributed by atoms with van der Waals surface area (Å²) in [5.74, 6) is -1.39. The molecule has 0 spiro atoms. The molecule has 1 aliphatic rings. The van der Waals surface area contributed by atoms with Crippen LogP contribution in [0.1, 0.15) is 51.5 Å². The lowest BCUT2D eigenvalue weighted by molar-refractivity contribution is -0.144. The average molecular weight is 416 g/mol. The molecule has 1 atom stereocenters. The number of benzene rings is 1. The summed E-state index contributed by atoms with van der Waals surface area (Å²) in [7, 11) is 0. The number of hydrogen-bond donors (Lipinski definition) is 2. The Bertz CT molecular complexity index is 722. The van der Waals surface area contributed by atoms with E-state index in [-0.39, 0.29) is 5.91 Å². The molecule has 7 heteroatoms. The molecule has 0 aliphatic carbocycles. The summed E-state index contributed by atoms with van der Waals surface area (Å²) in [5.41, 5.74) is 2.08. The Labute approximate surface area is 178 Å². The maximum absolute atomic E-state index is 11.9. The number of carbonyl (C=O) groups is 3. The first-order valence-corrected chi connectivity index (χ1v) is 10.8. The van der Waals surface area contributed by atoms with Crippen molar-refractivity contribution in [2.45, 2.75) is 52.0 Å². The van der Waals surface area contributed by atoms with Crippen LogP contribution >= 0.6 is 0 Å². The van der Waals surface area contributed by atoms with Crippen LogP contribution in [0.3, 0.4) is 0 Å². The van der Waals surface area contributed by atoms with Gasteiger partial charge in [-0.1, -0.05) is 31.9 Å². The van der Waals surface area contributed by atoms with Crippen molar-refractivity contribution < 1.29 is 19.1 Å². The highest BCUT2D eigenvalue weighted by Crippen LogP contribution is 2.20. The Morgan fingerprint density at radius 1 is 1.10 bits per heavy atom. The van der Waals surface area contributed by atoms with Crippen LogP contribution < -0.4 is 15.5 Å². The van der Waals surface area contributed by atoms with Gasteiger partial charge in [-0.2, -0.15) is 0 Å². The van der Waals surface area contributed by atoms with E-state index in [9.17, 15) is 14.4 Å². The quantitative estimate of drug-likeness (QED) is 0.478. The topological polar surface area (TPSA) is 87.7 Å². The number of amides is 2. The van der Waals surface area contributed by atoms with Gasteiger partial charge in [-0.05, 0) is 50.0 Å². The van der Waals surface area contributed by atoms with Crippen molar-refractivity contribution in [2.75, 3.05) is 31.1 Å². The predicted octanol–water partition coefficient (Wildman–Crippen LogP) is 2.65. The van der Waals surface area contributed by atoms with Crippen LogP contribution in [0.2, 0.25) is 0 Å². The highest BCUT2D eigenvalue weighted by atomic mass is 16.5. The summed E-state index contributed by atoms with van der Waals surface area (Å²) in [4.78, 5) is 37.8. The zero-order valence-electron chi connectivity index (χ0n) is 18.0. The van der Waals surface area contributed by atoms with E-state index in [1.54, 1.807) is 13.0 Å². The van der Waals surface area contributed by atoms with Gasteiger partial charge in [0.25, 0.3) is 5.91 Å². The van der Waals surface area contributed by atoms with Crippen LogP contribution in [-0.2, 0) is 19.1 Å². The normalized spacial score (nSPS) is 15.3. The molecule has 30 heavy (non-hydrogen) atoms. The molecule has 2 rings (SSSR count). The summed E-state index contributed by atoms with van der Waals surface area (Å²) in [6, 6.07) is 7.38. The molecule has 0 radical (unpaired) electrons. The standard InChI is InChI=1S/C23H33N3O4/c1-3-14-24-23(29)18(2)25-21(27)17-30-22(28)13-10-19-8-11-20(12-9-19)26-15-6-4-5-7-16-26/h8-13,18H,3-7,14-17H2,1-2H3,(H,24,29)(H,25,27)/b13-10+/t18-/m1/s1. The van der Waals surface area contributed by atoms with Gasteiger partial charge in [-0.25, -0.2) is 4.79 Å². The molecule has 1 saturated heterocycles. The first-order chi connectivity index (χ1) is 14.5. The largest absolute Gasteiger partial charge is 0.452 e. The smallest absolute Gasteiger partial charge is 0.331 e. The maximum atomic E-state index is 11.9. The van der Waals surface area contributed by atoms with Crippen LogP contribution in [0.15, 0.2) is 30.3 Å². The van der Waals surface area contributed by atoms with Crippen LogP contribution in [-0.4, -0.2) is 50.1 Å². The molecule has 0 bridgehead atoms. The average Bonchev–Trinajstić information content (AvgIpc) is 3.04. The molecule has 164 valence electrons. The molecule has 0 unspecified atom stereocenters. The van der Waals surface area contributed by atoms with Gasteiger partial charge in [-0.15, -0.1) is 0 Å². The Morgan fingerprint density at radius 2 is 1.77 bits per heavy atom. The molecule has 2 amide bonds. The molecule has 1 aromatic carbocycles. The molecule has 1 fully saturated rings. The van der Waals surface area contributed by atoms with E-state index in [1.165, 1.54) is 37.4 Å². The minimum absolute atomic E-state index is 0.264. The van der Waals surface area contributed by atoms with Gasteiger partial charge >= 0.3 is 5.97 Å². The van der Waals surface area contributed by atoms with Crippen LogP contribution in [0.5, 0.6) is 0 Å². The molecule has 0 aromatic heterocycles. The second kappa shape index (κ2) is 12.7. The summed E-state index contributed by atoms with van der Waals surface area (Å²) in [6.07, 6.45) is 8.81. The van der Waals surface area contributed by atoms with Gasteiger partial charge in [-0.3, -0.25) is 9.59 Å². The van der Waals surface area contributed by atoms with Gasteiger partial charge in [0.2, 0.25) is 5.91 Å². The van der Waals surface area contributed by atoms with Crippen molar-refractivity contribution in [1.29, 1.82) is 0 Å². The first kappa shape index (κ1) is 23.4. The van der Waals surface area contributed by atoms with Gasteiger partial charge in [0.15, 0.2) is 6.61 Å². The SMILES string of the molecule is CCCNC(=O)[C@@H](C)NC(=O)COC(=O)/C=C/c1ccc(N2CCCCCC2)cc1. The van der Waals surface area contributed by atoms with Gasteiger partial charge < -0.3 is 20.3 Å². The fourth-order valence-corrected chi connectivity index (χ4v) is 3.22. The number of carbonyl (C=O) groups excluding carboxylic acids is 3. The molecule has 7 nitrogen and oxygen atoms in total. The second-order valence-electron chi connectivity index (χ2n) is 7.51. The van der Waals surface area contributed by atoms with E-state index in [0.29, 0.717) is 6.54 Å². The summed E-state index contributed by atoms with van der Waals surface area (Å²) in [5, 5.41) is 5.20. The Morgan fingerprint density at radius 3 is 2.40 bits per heavy atom. The van der Waals surface area contributed by atoms with E-state index in [4.69, 9.17) is 4.74 Å². The van der Waals surface area contributed by atoms with E-state index < -0.39 is 24.5 Å². The molecule has 0 saturated carbocycles. The van der Waals surface area contributed by atoms with E-state index in [0.717, 1.165) is 25.1 Å². The summed E-state index contributed by atoms with van der Waals surface area (Å²) in [6.45, 7) is 5.83. The maximum Gasteiger partial charge on any atom is 0.331 e. The van der Waals surface area contributed by atoms with Crippen molar-refractivity contribution in [3.05, 3.63) is 35.9 Å². The van der Waals surface area contributed by atoms with Crippen molar-refractivity contribution >= 4 is 29.5 Å². The lowest BCUT2D eigenvalue weighted by Crippen LogP contribution is -2.46. The van der Waals surface area contributed by atoms with Crippen molar-refractivity contribution in [3.63, 3.8) is 0 Å². The number of ether oxygens (including phenoxy) is 1. The molecule has 1 aromatic rings. The van der Waals surface area contributed by atoms with E-state index >= 15 is 0 Å². The van der Waals surface area contributed by atoms with E-state index in [1.807, 2.05) is 19.1 Å². The minimum atomic E-state index is -0.680. The zero-order chi connectivity index (χ0) is 21.8. The molecular weight excluding hydrogens is 382 g/mol. The third-order valence-corrected chi connectivity index (χ3v) is 4.94. The summed E-state index contributed by atoms with van der Waals surface area (Å²) < 4.78 is 4.94. The predicted molar refractivity (Wildman–Crippen MR) is 118 cm³/mol. The number of nitrogens with zero attached hydrogens (tertiary/aromatic N) is 1. The first-order valence-electron chi connectivity index (χ1n) is 10.8. The number of rotatable bonds is 9. The fourth-order valence-electron chi connectivity index (χ4n) is 3.22. The minimum Gasteiger partial charge on any atom is -0.452 e. The lowest BCUT2D eigenvalue weighted by atomic mass is 10.1. The number of hydrogen-bond acceptors (Lipinski definition) is 5. The van der Waals surface area contributed by atoms with Crippen molar-refractivity contribution in [2.24, 2.45) is 0 Å². The summed E-state index contributed by atoms with van der Waals surface area (Å²) >= 11 is 0. The second-order valence-corrected chi connectivity index (χ2v) is 7.51. The third kappa shape index (κ3) is 8.27. The Kier molecular flexibility index (Phi) is 9.91. The highest BCUT2D eigenvalue weighted by Gasteiger charge is 2.15. The molecule has 1 aliphatic heterocycles. The van der Waals surface area contributed by atoms with Crippen molar-refractivity contribution in [1.82, 2.24) is 10.6 Å². The van der Waals surface area contributed by atoms with Crippen LogP contribution in [0.25, 0.3) is 6.08 Å². The lowest BCUT2D eigenvalue weighted by Gasteiger charge is -2.22. The molecular formula is C23H33N3O4. The van der Waals surface area contributed by atoms with Gasteiger partial charge in [0.05, 0.1) is 0 Å². The van der Waals surface area contributed by atoms with Crippen molar-refractivity contribution in [3.8, 4) is 0 Å². The van der Waals surface area contributed by atoms with E-state index in [2.05, 4.69) is 27.7 Å². The molecule has 2 N–H and O–H groups in total. The Hall–Kier alpha value is -2.83. The van der Waals surface area contributed by atoms with Crippen LogP contribution in [0.4, 0.5) is 5.69 Å². The fraction of sp³-hybridized carbons (Fsp3) is 0.522. The van der Waals surface area contributed by atoms with Gasteiger partial charge in [0.1, 0.15) is 6.04 Å². The number of esters is 1. The number of anilines is 1. The highest BCUT2D eigenvalue weighted by molar-refractivity contribution is 5.91. The molecule has 1 heterocycles. The number of nitrogens with one attached hydrogen (secondary N) is 2. The van der Waals surface area contributed by atoms with Crippen LogP contribution in [0, 0.1) is 0 Å². The zero-order valence-corrected chi connectivity index (χ0v) is 18.0.